The molecule has 0 aromatic heterocycles. The number of nitrogens with one attached hydrogen (secondary N) is 1. The van der Waals surface area contributed by atoms with Crippen LogP contribution in [0.15, 0.2) is 54.6 Å². The molecule has 1 aliphatic rings. The van der Waals surface area contributed by atoms with Gasteiger partial charge in [-0.25, -0.2) is 0 Å². The van der Waals surface area contributed by atoms with Crippen LogP contribution in [0.5, 0.6) is 0 Å². The van der Waals surface area contributed by atoms with Gasteiger partial charge >= 0.3 is 0 Å². The molecule has 1 heterocycles. The van der Waals surface area contributed by atoms with Crippen molar-refractivity contribution in [3.05, 3.63) is 65.7 Å². The van der Waals surface area contributed by atoms with Gasteiger partial charge in [-0.05, 0) is 23.3 Å². The highest BCUT2D eigenvalue weighted by molar-refractivity contribution is 5.98. The Labute approximate surface area is 145 Å². The molecule has 1 fully saturated rings. The minimum Gasteiger partial charge on any atom is -0.545 e. The van der Waals surface area contributed by atoms with Crippen LogP contribution in [0.2, 0.25) is 0 Å². The van der Waals surface area contributed by atoms with Gasteiger partial charge in [-0.3, -0.25) is 9.59 Å². The fourth-order valence-electron chi connectivity index (χ4n) is 2.87. The third-order valence-corrected chi connectivity index (χ3v) is 4.17. The summed E-state index contributed by atoms with van der Waals surface area (Å²) in [5.41, 5.74) is 1.38. The van der Waals surface area contributed by atoms with Crippen LogP contribution in [0.25, 0.3) is 0 Å². The summed E-state index contributed by atoms with van der Waals surface area (Å²) in [5.74, 6) is -2.11. The molecule has 0 saturated carbocycles. The van der Waals surface area contributed by atoms with Crippen molar-refractivity contribution in [1.29, 1.82) is 0 Å². The summed E-state index contributed by atoms with van der Waals surface area (Å²) < 4.78 is 0. The first-order valence-electron chi connectivity index (χ1n) is 7.97. The summed E-state index contributed by atoms with van der Waals surface area (Å²) in [7, 11) is 0. The summed E-state index contributed by atoms with van der Waals surface area (Å²) in [5, 5.41) is 13.6. The van der Waals surface area contributed by atoms with Crippen molar-refractivity contribution in [3.8, 4) is 0 Å². The van der Waals surface area contributed by atoms with Gasteiger partial charge in [0.1, 0.15) is 0 Å². The summed E-state index contributed by atoms with van der Waals surface area (Å²) in [6.07, 6.45) is 0.152. The van der Waals surface area contributed by atoms with Crippen molar-refractivity contribution in [2.24, 2.45) is 5.92 Å². The second-order valence-electron chi connectivity index (χ2n) is 6.02. The average Bonchev–Trinajstić information content (AvgIpc) is 2.97. The maximum atomic E-state index is 12.4. The first-order valence-corrected chi connectivity index (χ1v) is 7.97. The van der Waals surface area contributed by atoms with Crippen molar-refractivity contribution >= 4 is 23.5 Å². The zero-order valence-corrected chi connectivity index (χ0v) is 13.5. The largest absolute Gasteiger partial charge is 0.545 e. The van der Waals surface area contributed by atoms with E-state index in [1.807, 2.05) is 30.3 Å². The second-order valence-corrected chi connectivity index (χ2v) is 6.02. The number of benzene rings is 2. The Morgan fingerprint density at radius 1 is 1.12 bits per heavy atom. The Hall–Kier alpha value is -3.15. The normalized spacial score (nSPS) is 16.7. The van der Waals surface area contributed by atoms with Gasteiger partial charge in [0.15, 0.2) is 0 Å². The summed E-state index contributed by atoms with van der Waals surface area (Å²) >= 11 is 0. The SMILES string of the molecule is O=C([O-])c1cccc(NC(=O)C2CC(=O)N(Cc3ccccc3)C2)c1. The van der Waals surface area contributed by atoms with Gasteiger partial charge in [-0.15, -0.1) is 0 Å². The zero-order valence-electron chi connectivity index (χ0n) is 13.5. The number of hydrogen-bond acceptors (Lipinski definition) is 4. The molecule has 1 aliphatic heterocycles. The van der Waals surface area contributed by atoms with Gasteiger partial charge < -0.3 is 20.1 Å². The van der Waals surface area contributed by atoms with Crippen LogP contribution in [-0.2, 0) is 16.1 Å². The predicted octanol–water partition coefficient (Wildman–Crippen LogP) is 1.04. The average molecular weight is 337 g/mol. The van der Waals surface area contributed by atoms with Gasteiger partial charge in [-0.2, -0.15) is 0 Å². The Morgan fingerprint density at radius 3 is 2.60 bits per heavy atom. The summed E-state index contributed by atoms with van der Waals surface area (Å²) in [6.45, 7) is 0.823. The molecule has 0 bridgehead atoms. The number of carboxylic acids is 1. The molecular weight excluding hydrogens is 320 g/mol. The number of amides is 2. The van der Waals surface area contributed by atoms with Crippen LogP contribution in [0, 0.1) is 5.92 Å². The monoisotopic (exact) mass is 337 g/mol. The third kappa shape index (κ3) is 4.03. The first-order chi connectivity index (χ1) is 12.0. The highest BCUT2D eigenvalue weighted by Gasteiger charge is 2.34. The molecule has 1 saturated heterocycles. The molecule has 6 nitrogen and oxygen atoms in total. The quantitative estimate of drug-likeness (QED) is 0.883. The molecule has 6 heteroatoms. The van der Waals surface area contributed by atoms with Gasteiger partial charge in [0.25, 0.3) is 0 Å². The molecule has 3 rings (SSSR count). The van der Waals surface area contributed by atoms with Crippen LogP contribution >= 0.6 is 0 Å². The molecule has 0 radical (unpaired) electrons. The highest BCUT2D eigenvalue weighted by atomic mass is 16.4. The first kappa shape index (κ1) is 16.7. The predicted molar refractivity (Wildman–Crippen MR) is 89.4 cm³/mol. The number of nitrogens with zero attached hydrogens (tertiary/aromatic N) is 1. The molecule has 2 amide bonds. The van der Waals surface area contributed by atoms with Gasteiger partial charge in [0.05, 0.1) is 11.9 Å². The van der Waals surface area contributed by atoms with E-state index < -0.39 is 11.9 Å². The molecule has 25 heavy (non-hydrogen) atoms. The molecule has 1 N–H and O–H groups in total. The summed E-state index contributed by atoms with van der Waals surface area (Å²) in [4.78, 5) is 37.1. The lowest BCUT2D eigenvalue weighted by atomic mass is 10.1. The van der Waals surface area contributed by atoms with E-state index in [0.717, 1.165) is 5.56 Å². The second kappa shape index (κ2) is 7.17. The maximum Gasteiger partial charge on any atom is 0.229 e. The zero-order chi connectivity index (χ0) is 17.8. The van der Waals surface area contributed by atoms with Crippen molar-refractivity contribution in [2.45, 2.75) is 13.0 Å². The van der Waals surface area contributed by atoms with Crippen LogP contribution in [0.1, 0.15) is 22.3 Å². The van der Waals surface area contributed by atoms with Crippen molar-refractivity contribution < 1.29 is 19.5 Å². The van der Waals surface area contributed by atoms with E-state index >= 15 is 0 Å². The number of likely N-dealkylation sites (tertiary alicyclic amines) is 1. The van der Waals surface area contributed by atoms with Gasteiger partial charge in [-0.1, -0.05) is 42.5 Å². The smallest absolute Gasteiger partial charge is 0.229 e. The number of hydrogen-bond donors (Lipinski definition) is 1. The Kier molecular flexibility index (Phi) is 4.79. The van der Waals surface area contributed by atoms with Crippen molar-refractivity contribution in [3.63, 3.8) is 0 Å². The van der Waals surface area contributed by atoms with Gasteiger partial charge in [0.2, 0.25) is 11.8 Å². The van der Waals surface area contributed by atoms with E-state index in [2.05, 4.69) is 5.32 Å². The number of aromatic carboxylic acids is 1. The van der Waals surface area contributed by atoms with Crippen molar-refractivity contribution in [1.82, 2.24) is 4.90 Å². The van der Waals surface area contributed by atoms with E-state index in [1.54, 1.807) is 11.0 Å². The number of anilines is 1. The van der Waals surface area contributed by atoms with E-state index in [4.69, 9.17) is 0 Å². The molecule has 1 unspecified atom stereocenters. The number of carboxylic acid groups (broad SMARTS) is 1. The Morgan fingerprint density at radius 2 is 1.88 bits per heavy atom. The summed E-state index contributed by atoms with van der Waals surface area (Å²) in [6, 6.07) is 15.5. The topological polar surface area (TPSA) is 89.5 Å². The minimum atomic E-state index is -1.30. The molecule has 0 spiro atoms. The third-order valence-electron chi connectivity index (χ3n) is 4.17. The van der Waals surface area contributed by atoms with E-state index in [-0.39, 0.29) is 23.8 Å². The molecule has 0 aliphatic carbocycles. The van der Waals surface area contributed by atoms with Crippen LogP contribution in [0.3, 0.4) is 0 Å². The van der Waals surface area contributed by atoms with Crippen LogP contribution in [0.4, 0.5) is 5.69 Å². The molecule has 2 aromatic rings. The molecule has 1 atom stereocenters. The van der Waals surface area contributed by atoms with E-state index in [9.17, 15) is 19.5 Å². The number of carbonyl (C=O) groups excluding carboxylic acids is 3. The lowest BCUT2D eigenvalue weighted by Gasteiger charge is -2.16. The standard InChI is InChI=1S/C19H18N2O4/c22-17-10-15(12-21(17)11-13-5-2-1-3-6-13)18(23)20-16-8-4-7-14(9-16)19(24)25/h1-9,15H,10-12H2,(H,20,23)(H,24,25)/p-1. The molecular formula is C19H17N2O4-. The highest BCUT2D eigenvalue weighted by Crippen LogP contribution is 2.22. The van der Waals surface area contributed by atoms with Crippen LogP contribution in [-0.4, -0.2) is 29.2 Å². The Balaban J connectivity index is 1.63. The fraction of sp³-hybridized carbons (Fsp3) is 0.211. The Bertz CT molecular complexity index is 804. The van der Waals surface area contributed by atoms with Gasteiger partial charge in [0, 0.05) is 25.2 Å². The van der Waals surface area contributed by atoms with Crippen LogP contribution < -0.4 is 10.4 Å². The molecule has 2 aromatic carbocycles. The molecule has 128 valence electrons. The van der Waals surface area contributed by atoms with Crippen molar-refractivity contribution in [2.75, 3.05) is 11.9 Å². The lowest BCUT2D eigenvalue weighted by molar-refractivity contribution is -0.255. The lowest BCUT2D eigenvalue weighted by Crippen LogP contribution is -2.28. The minimum absolute atomic E-state index is 0.00833. The fourth-order valence-corrected chi connectivity index (χ4v) is 2.87. The number of rotatable bonds is 5. The number of carbonyl (C=O) groups is 3. The van der Waals surface area contributed by atoms with E-state index in [0.29, 0.717) is 18.8 Å². The van der Waals surface area contributed by atoms with E-state index in [1.165, 1.54) is 18.2 Å². The maximum absolute atomic E-state index is 12.4.